The van der Waals surface area contributed by atoms with Gasteiger partial charge in [0.15, 0.2) is 0 Å². The molecule has 0 spiro atoms. The van der Waals surface area contributed by atoms with Crippen LogP contribution in [0, 0.1) is 17.0 Å². The van der Waals surface area contributed by atoms with Gasteiger partial charge in [-0.25, -0.2) is 4.98 Å². The van der Waals surface area contributed by atoms with Crippen LogP contribution in [0.1, 0.15) is 5.69 Å². The van der Waals surface area contributed by atoms with Gasteiger partial charge in [0.1, 0.15) is 6.33 Å². The Morgan fingerprint density at radius 3 is 2.83 bits per heavy atom. The molecule has 2 aromatic heterocycles. The molecule has 0 saturated carbocycles. The number of hydrogen-bond donors (Lipinski definition) is 2. The average molecular weight is 250 g/mol. The number of aromatic amines is 1. The van der Waals surface area contributed by atoms with E-state index in [9.17, 15) is 10.1 Å². The van der Waals surface area contributed by atoms with Crippen molar-refractivity contribution in [1.82, 2.24) is 20.2 Å². The molecule has 2 rings (SSSR count). The van der Waals surface area contributed by atoms with Crippen molar-refractivity contribution in [2.24, 2.45) is 0 Å². The lowest BCUT2D eigenvalue weighted by Gasteiger charge is -2.04. The number of nitro groups is 1. The zero-order chi connectivity index (χ0) is 13.1. The van der Waals surface area contributed by atoms with E-state index >= 15 is 0 Å². The van der Waals surface area contributed by atoms with E-state index in [0.717, 1.165) is 5.69 Å². The zero-order valence-electron chi connectivity index (χ0n) is 9.67. The Hall–Kier alpha value is -2.71. The van der Waals surface area contributed by atoms with Crippen molar-refractivity contribution in [2.75, 3.05) is 12.4 Å². The van der Waals surface area contributed by atoms with Crippen molar-refractivity contribution in [2.45, 2.75) is 6.92 Å². The molecule has 0 aromatic carbocycles. The van der Waals surface area contributed by atoms with Crippen LogP contribution in [0.5, 0.6) is 11.8 Å². The van der Waals surface area contributed by atoms with Gasteiger partial charge in [0.05, 0.1) is 4.92 Å². The lowest BCUT2D eigenvalue weighted by Crippen LogP contribution is -2.03. The Kier molecular flexibility index (Phi) is 3.04. The molecule has 0 unspecified atom stereocenters. The number of nitrogens with one attached hydrogen (secondary N) is 2. The first-order valence-electron chi connectivity index (χ1n) is 4.99. The van der Waals surface area contributed by atoms with E-state index in [0.29, 0.717) is 0 Å². The van der Waals surface area contributed by atoms with Crippen LogP contribution in [0.2, 0.25) is 0 Å². The maximum atomic E-state index is 11.0. The summed E-state index contributed by atoms with van der Waals surface area (Å²) in [7, 11) is 1.53. The van der Waals surface area contributed by atoms with E-state index < -0.39 is 4.92 Å². The van der Waals surface area contributed by atoms with Gasteiger partial charge in [-0.2, -0.15) is 4.98 Å². The highest BCUT2D eigenvalue weighted by atomic mass is 16.6. The van der Waals surface area contributed by atoms with E-state index in [-0.39, 0.29) is 23.3 Å². The van der Waals surface area contributed by atoms with Gasteiger partial charge in [-0.1, -0.05) is 0 Å². The predicted molar refractivity (Wildman–Crippen MR) is 61.6 cm³/mol. The third-order valence-corrected chi connectivity index (χ3v) is 2.09. The van der Waals surface area contributed by atoms with E-state index in [4.69, 9.17) is 4.74 Å². The summed E-state index contributed by atoms with van der Waals surface area (Å²) >= 11 is 0. The Balaban J connectivity index is 2.41. The van der Waals surface area contributed by atoms with Crippen molar-refractivity contribution in [3.63, 3.8) is 0 Å². The molecule has 0 aliphatic rings. The summed E-state index contributed by atoms with van der Waals surface area (Å²) in [6, 6.07) is 1.60. The van der Waals surface area contributed by atoms with Crippen LogP contribution in [0.25, 0.3) is 0 Å². The predicted octanol–water partition coefficient (Wildman–Crippen LogP) is 1.25. The number of ether oxygens (including phenoxy) is 1. The number of aromatic nitrogens is 4. The standard InChI is InChI=1S/C9H10N6O3/c1-5-3-6(14-13-5)18-9-7(15(16)17)8(10-2)11-4-12-9/h3-4H,1-2H3,(H,13,14)(H,10,11,12). The second-order valence-corrected chi connectivity index (χ2v) is 3.37. The molecule has 2 heterocycles. The first-order chi connectivity index (χ1) is 8.61. The maximum absolute atomic E-state index is 11.0. The third-order valence-electron chi connectivity index (χ3n) is 2.09. The average Bonchev–Trinajstić information content (AvgIpc) is 2.74. The van der Waals surface area contributed by atoms with Crippen molar-refractivity contribution in [3.05, 3.63) is 28.2 Å². The number of H-pyrrole nitrogens is 1. The van der Waals surface area contributed by atoms with E-state index in [2.05, 4.69) is 25.5 Å². The van der Waals surface area contributed by atoms with Crippen LogP contribution in [0.4, 0.5) is 11.5 Å². The Morgan fingerprint density at radius 2 is 2.28 bits per heavy atom. The summed E-state index contributed by atoms with van der Waals surface area (Å²) in [5.74, 6) is 0.125. The van der Waals surface area contributed by atoms with Gasteiger partial charge in [0.25, 0.3) is 0 Å². The summed E-state index contributed by atoms with van der Waals surface area (Å²) in [6.07, 6.45) is 1.17. The smallest absolute Gasteiger partial charge is 0.373 e. The van der Waals surface area contributed by atoms with Crippen LogP contribution in [-0.2, 0) is 0 Å². The Bertz CT molecular complexity index is 581. The molecule has 0 saturated heterocycles. The van der Waals surface area contributed by atoms with Crippen LogP contribution < -0.4 is 10.1 Å². The highest BCUT2D eigenvalue weighted by Gasteiger charge is 2.24. The van der Waals surface area contributed by atoms with Crippen LogP contribution in [-0.4, -0.2) is 32.1 Å². The Labute approximate surface area is 101 Å². The molecule has 0 fully saturated rings. The molecular formula is C9H10N6O3. The molecule has 94 valence electrons. The highest BCUT2D eigenvalue weighted by molar-refractivity contribution is 5.61. The van der Waals surface area contributed by atoms with Crippen LogP contribution in [0.3, 0.4) is 0 Å². The quantitative estimate of drug-likeness (QED) is 0.619. The maximum Gasteiger partial charge on any atom is 0.373 e. The molecule has 9 heteroatoms. The van der Waals surface area contributed by atoms with Crippen molar-refractivity contribution in [1.29, 1.82) is 0 Å². The molecule has 18 heavy (non-hydrogen) atoms. The molecule has 2 aromatic rings. The fraction of sp³-hybridized carbons (Fsp3) is 0.222. The van der Waals surface area contributed by atoms with E-state index in [1.807, 2.05) is 0 Å². The molecule has 2 N–H and O–H groups in total. The number of aryl methyl sites for hydroxylation is 1. The molecule has 0 atom stereocenters. The van der Waals surface area contributed by atoms with Crippen molar-refractivity contribution < 1.29 is 9.66 Å². The fourth-order valence-corrected chi connectivity index (χ4v) is 1.33. The van der Waals surface area contributed by atoms with Gasteiger partial charge in [0, 0.05) is 18.8 Å². The minimum atomic E-state index is -0.610. The van der Waals surface area contributed by atoms with Crippen LogP contribution >= 0.6 is 0 Å². The summed E-state index contributed by atoms with van der Waals surface area (Å²) in [5, 5.41) is 20.1. The van der Waals surface area contributed by atoms with Gasteiger partial charge >= 0.3 is 11.6 Å². The lowest BCUT2D eigenvalue weighted by molar-refractivity contribution is -0.385. The monoisotopic (exact) mass is 250 g/mol. The van der Waals surface area contributed by atoms with Crippen LogP contribution in [0.15, 0.2) is 12.4 Å². The molecule has 9 nitrogen and oxygen atoms in total. The lowest BCUT2D eigenvalue weighted by atomic mass is 10.4. The summed E-state index contributed by atoms with van der Waals surface area (Å²) in [5.41, 5.74) is 0.441. The molecule has 0 amide bonds. The topological polar surface area (TPSA) is 119 Å². The SMILES string of the molecule is CNc1ncnc(Oc2cc(C)[nH]n2)c1[N+](=O)[O-]. The van der Waals surface area contributed by atoms with Crippen molar-refractivity contribution in [3.8, 4) is 11.8 Å². The summed E-state index contributed by atoms with van der Waals surface area (Å²) in [4.78, 5) is 17.9. The molecule has 0 bridgehead atoms. The van der Waals surface area contributed by atoms with E-state index in [1.54, 1.807) is 13.0 Å². The molecule has 0 radical (unpaired) electrons. The van der Waals surface area contributed by atoms with Gasteiger partial charge in [-0.05, 0) is 6.92 Å². The minimum absolute atomic E-state index is 0.0808. The second kappa shape index (κ2) is 4.65. The largest absolute Gasteiger partial charge is 0.413 e. The summed E-state index contributed by atoms with van der Waals surface area (Å²) in [6.45, 7) is 1.78. The normalized spacial score (nSPS) is 10.1. The van der Waals surface area contributed by atoms with Gasteiger partial charge in [-0.15, -0.1) is 5.10 Å². The van der Waals surface area contributed by atoms with E-state index in [1.165, 1.54) is 13.4 Å². The number of hydrogen-bond acceptors (Lipinski definition) is 7. The zero-order valence-corrected chi connectivity index (χ0v) is 9.67. The van der Waals surface area contributed by atoms with Gasteiger partial charge in [-0.3, -0.25) is 15.2 Å². The number of nitrogens with zero attached hydrogens (tertiary/aromatic N) is 4. The first kappa shape index (κ1) is 11.8. The first-order valence-corrected chi connectivity index (χ1v) is 4.99. The Morgan fingerprint density at radius 1 is 1.50 bits per heavy atom. The van der Waals surface area contributed by atoms with Gasteiger partial charge in [0.2, 0.25) is 11.7 Å². The van der Waals surface area contributed by atoms with Gasteiger partial charge < -0.3 is 10.1 Å². The number of rotatable bonds is 4. The molecule has 0 aliphatic carbocycles. The molecular weight excluding hydrogens is 240 g/mol. The summed E-state index contributed by atoms with van der Waals surface area (Å²) < 4.78 is 5.26. The fourth-order valence-electron chi connectivity index (χ4n) is 1.33. The van der Waals surface area contributed by atoms with Crippen molar-refractivity contribution >= 4 is 11.5 Å². The number of anilines is 1. The third kappa shape index (κ3) is 2.19. The molecule has 0 aliphatic heterocycles. The minimum Gasteiger partial charge on any atom is -0.413 e. The highest BCUT2D eigenvalue weighted by Crippen LogP contribution is 2.32. The second-order valence-electron chi connectivity index (χ2n) is 3.37.